The van der Waals surface area contributed by atoms with Gasteiger partial charge in [0.15, 0.2) is 0 Å². The molecule has 0 aromatic heterocycles. The van der Waals surface area contributed by atoms with Crippen LogP contribution < -0.4 is 0 Å². The second-order valence-corrected chi connectivity index (χ2v) is 3.44. The maximum Gasteiger partial charge on any atom is 0.317 e. The fourth-order valence-corrected chi connectivity index (χ4v) is 1.43. The van der Waals surface area contributed by atoms with Crippen LogP contribution in [0.3, 0.4) is 0 Å². The number of rotatable bonds is 6. The van der Waals surface area contributed by atoms with Gasteiger partial charge < -0.3 is 5.11 Å². The summed E-state index contributed by atoms with van der Waals surface area (Å²) in [5.41, 5.74) is 0.491. The van der Waals surface area contributed by atoms with Gasteiger partial charge in [-0.05, 0) is 6.07 Å². The molecule has 0 radical (unpaired) electrons. The first kappa shape index (κ1) is 15.6. The molecule has 0 spiro atoms. The Morgan fingerprint density at radius 2 is 2.12 bits per heavy atom. The van der Waals surface area contributed by atoms with Crippen LogP contribution in [0.15, 0.2) is 36.9 Å². The van der Waals surface area contributed by atoms with E-state index in [1.165, 1.54) is 6.07 Å². The van der Waals surface area contributed by atoms with Gasteiger partial charge in [0.05, 0.1) is 6.54 Å². The number of carbonyl (C=O) groups is 1. The summed E-state index contributed by atoms with van der Waals surface area (Å²) in [6.45, 7) is 4.10. The zero-order valence-electron chi connectivity index (χ0n) is 9.30. The van der Waals surface area contributed by atoms with Crippen LogP contribution in [0.2, 0.25) is 0 Å². The Labute approximate surface area is 106 Å². The van der Waals surface area contributed by atoms with E-state index in [-0.39, 0.29) is 31.3 Å². The van der Waals surface area contributed by atoms with Crippen LogP contribution >= 0.6 is 12.4 Å². The second-order valence-electron chi connectivity index (χ2n) is 3.44. The molecule has 1 rings (SSSR count). The van der Waals surface area contributed by atoms with E-state index in [0.29, 0.717) is 12.1 Å². The summed E-state index contributed by atoms with van der Waals surface area (Å²) in [5.74, 6) is -1.25. The average molecular weight is 260 g/mol. The maximum atomic E-state index is 13.3. The highest BCUT2D eigenvalue weighted by molar-refractivity contribution is 5.85. The number of carboxylic acid groups (broad SMARTS) is 1. The van der Waals surface area contributed by atoms with Crippen molar-refractivity contribution in [3.63, 3.8) is 0 Å². The van der Waals surface area contributed by atoms with Crippen molar-refractivity contribution in [2.45, 2.75) is 6.54 Å². The SMILES string of the molecule is C=CCN(CC(=O)O)Cc1ccccc1F.Cl. The van der Waals surface area contributed by atoms with Crippen molar-refractivity contribution < 1.29 is 14.3 Å². The molecular formula is C12H15ClFNO2. The molecule has 1 aromatic carbocycles. The van der Waals surface area contributed by atoms with E-state index in [1.54, 1.807) is 29.2 Å². The lowest BCUT2D eigenvalue weighted by atomic mass is 10.2. The highest BCUT2D eigenvalue weighted by atomic mass is 35.5. The molecule has 0 amide bonds. The smallest absolute Gasteiger partial charge is 0.317 e. The molecule has 0 aliphatic carbocycles. The van der Waals surface area contributed by atoms with Crippen molar-refractivity contribution in [3.05, 3.63) is 48.3 Å². The first-order chi connectivity index (χ1) is 7.63. The highest BCUT2D eigenvalue weighted by Crippen LogP contribution is 2.09. The minimum atomic E-state index is -0.932. The summed E-state index contributed by atoms with van der Waals surface area (Å²) in [4.78, 5) is 12.2. The third-order valence-corrected chi connectivity index (χ3v) is 2.10. The number of halogens is 2. The van der Waals surface area contributed by atoms with Crippen molar-refractivity contribution >= 4 is 18.4 Å². The van der Waals surface area contributed by atoms with Crippen molar-refractivity contribution in [1.82, 2.24) is 4.90 Å². The summed E-state index contributed by atoms with van der Waals surface area (Å²) >= 11 is 0. The molecule has 0 atom stereocenters. The number of nitrogens with zero attached hydrogens (tertiary/aromatic N) is 1. The van der Waals surface area contributed by atoms with E-state index in [1.807, 2.05) is 0 Å². The first-order valence-corrected chi connectivity index (χ1v) is 4.92. The molecule has 0 fully saturated rings. The zero-order chi connectivity index (χ0) is 12.0. The molecule has 0 saturated carbocycles. The maximum absolute atomic E-state index is 13.3. The van der Waals surface area contributed by atoms with E-state index in [0.717, 1.165) is 0 Å². The monoisotopic (exact) mass is 259 g/mol. The van der Waals surface area contributed by atoms with Crippen LogP contribution in [0.1, 0.15) is 5.56 Å². The lowest BCUT2D eigenvalue weighted by Crippen LogP contribution is -2.29. The van der Waals surface area contributed by atoms with Crippen molar-refractivity contribution in [1.29, 1.82) is 0 Å². The van der Waals surface area contributed by atoms with Crippen LogP contribution in [-0.4, -0.2) is 29.1 Å². The van der Waals surface area contributed by atoms with E-state index < -0.39 is 5.97 Å². The quantitative estimate of drug-likeness (QED) is 0.797. The minimum Gasteiger partial charge on any atom is -0.480 e. The Hall–Kier alpha value is -1.39. The van der Waals surface area contributed by atoms with Gasteiger partial charge in [-0.2, -0.15) is 0 Å². The van der Waals surface area contributed by atoms with Crippen molar-refractivity contribution in [2.24, 2.45) is 0 Å². The molecule has 0 aliphatic heterocycles. The van der Waals surface area contributed by atoms with E-state index in [4.69, 9.17) is 5.11 Å². The molecule has 3 nitrogen and oxygen atoms in total. The van der Waals surface area contributed by atoms with Gasteiger partial charge in [0.1, 0.15) is 5.82 Å². The van der Waals surface area contributed by atoms with Gasteiger partial charge in [-0.1, -0.05) is 24.3 Å². The van der Waals surface area contributed by atoms with Gasteiger partial charge in [-0.25, -0.2) is 4.39 Å². The van der Waals surface area contributed by atoms with Gasteiger partial charge >= 0.3 is 5.97 Å². The molecule has 0 saturated heterocycles. The van der Waals surface area contributed by atoms with Crippen LogP contribution in [0.25, 0.3) is 0 Å². The molecule has 94 valence electrons. The Bertz CT molecular complexity index is 385. The van der Waals surface area contributed by atoms with Gasteiger partial charge in [0.25, 0.3) is 0 Å². The predicted molar refractivity (Wildman–Crippen MR) is 66.8 cm³/mol. The number of benzene rings is 1. The van der Waals surface area contributed by atoms with Gasteiger partial charge in [0.2, 0.25) is 0 Å². The lowest BCUT2D eigenvalue weighted by Gasteiger charge is -2.18. The zero-order valence-corrected chi connectivity index (χ0v) is 10.1. The van der Waals surface area contributed by atoms with Crippen LogP contribution in [0.5, 0.6) is 0 Å². The molecule has 0 unspecified atom stereocenters. The Morgan fingerprint density at radius 1 is 1.47 bits per heavy atom. The van der Waals surface area contributed by atoms with Crippen LogP contribution in [-0.2, 0) is 11.3 Å². The third-order valence-electron chi connectivity index (χ3n) is 2.10. The number of hydrogen-bond acceptors (Lipinski definition) is 2. The first-order valence-electron chi connectivity index (χ1n) is 4.92. The molecule has 0 heterocycles. The van der Waals surface area contributed by atoms with Crippen molar-refractivity contribution in [3.8, 4) is 0 Å². The van der Waals surface area contributed by atoms with Crippen LogP contribution in [0.4, 0.5) is 4.39 Å². The summed E-state index contributed by atoms with van der Waals surface area (Å²) in [6, 6.07) is 6.34. The summed E-state index contributed by atoms with van der Waals surface area (Å²) in [6.07, 6.45) is 1.60. The average Bonchev–Trinajstić information content (AvgIpc) is 2.21. The predicted octanol–water partition coefficient (Wildman–Crippen LogP) is 2.32. The third kappa shape index (κ3) is 5.47. The standard InChI is InChI=1S/C12H14FNO2.ClH/c1-2-7-14(9-12(15)16)8-10-5-3-4-6-11(10)13;/h2-6H,1,7-9H2,(H,15,16);1H. The molecule has 17 heavy (non-hydrogen) atoms. The van der Waals surface area contributed by atoms with Crippen molar-refractivity contribution in [2.75, 3.05) is 13.1 Å². The Balaban J connectivity index is 0.00000256. The number of hydrogen-bond donors (Lipinski definition) is 1. The summed E-state index contributed by atoms with van der Waals surface area (Å²) in [7, 11) is 0. The Morgan fingerprint density at radius 3 is 2.65 bits per heavy atom. The normalized spacial score (nSPS) is 9.76. The lowest BCUT2D eigenvalue weighted by molar-refractivity contribution is -0.138. The van der Waals surface area contributed by atoms with Gasteiger partial charge in [-0.15, -0.1) is 19.0 Å². The summed E-state index contributed by atoms with van der Waals surface area (Å²) in [5, 5.41) is 8.69. The van der Waals surface area contributed by atoms with E-state index in [2.05, 4.69) is 6.58 Å². The van der Waals surface area contributed by atoms with Crippen LogP contribution in [0, 0.1) is 5.82 Å². The van der Waals surface area contributed by atoms with E-state index >= 15 is 0 Å². The topological polar surface area (TPSA) is 40.5 Å². The largest absolute Gasteiger partial charge is 0.480 e. The summed E-state index contributed by atoms with van der Waals surface area (Å²) < 4.78 is 13.3. The number of aliphatic carboxylic acids is 1. The molecule has 0 bridgehead atoms. The molecule has 1 N–H and O–H groups in total. The fraction of sp³-hybridized carbons (Fsp3) is 0.250. The fourth-order valence-electron chi connectivity index (χ4n) is 1.43. The van der Waals surface area contributed by atoms with Gasteiger partial charge in [0, 0.05) is 18.7 Å². The molecule has 0 aliphatic rings. The Kier molecular flexibility index (Phi) is 7.18. The molecule has 1 aromatic rings. The second kappa shape index (κ2) is 7.81. The minimum absolute atomic E-state index is 0. The van der Waals surface area contributed by atoms with E-state index in [9.17, 15) is 9.18 Å². The highest BCUT2D eigenvalue weighted by Gasteiger charge is 2.10. The number of carboxylic acids is 1. The molecular weight excluding hydrogens is 245 g/mol. The van der Waals surface area contributed by atoms with Gasteiger partial charge in [-0.3, -0.25) is 9.69 Å². The molecule has 5 heteroatoms.